The summed E-state index contributed by atoms with van der Waals surface area (Å²) in [7, 11) is -4.49. The second-order valence-corrected chi connectivity index (χ2v) is 38.4. The molecule has 0 amide bonds. The maximum atomic E-state index is 5.71. The number of rotatable bonds is 6. The maximum Gasteiger partial charge on any atom is 0.146 e. The normalized spacial score (nSPS) is 22.7. The van der Waals surface area contributed by atoms with E-state index in [0.29, 0.717) is 33.2 Å². The van der Waals surface area contributed by atoms with E-state index in [1.807, 2.05) is 0 Å². The first kappa shape index (κ1) is 51.6. The van der Waals surface area contributed by atoms with Crippen LogP contribution in [0.25, 0.3) is 65.2 Å². The summed E-state index contributed by atoms with van der Waals surface area (Å²) in [4.78, 5) is 22.9. The average Bonchev–Trinajstić information content (AvgIpc) is 1.87. The molecule has 0 saturated carbocycles. The number of aromatic nitrogens is 4. The first-order chi connectivity index (χ1) is 39.6. The van der Waals surface area contributed by atoms with E-state index in [1.54, 1.807) is 0 Å². The summed E-state index contributed by atoms with van der Waals surface area (Å²) >= 11 is 0. The molecule has 406 valence electrons. The summed E-state index contributed by atoms with van der Waals surface area (Å²) < 4.78 is 0. The third-order valence-electron chi connectivity index (χ3n) is 21.7. The highest BCUT2D eigenvalue weighted by atomic mass is 28.3. The zero-order chi connectivity index (χ0) is 56.4. The number of hydrogen-bond acceptors (Lipinski definition) is 4. The molecule has 0 fully saturated rings. The fraction of sp³-hybridized carbons (Fsp3) is 0.342. The topological polar surface area (TPSA) is 51.6 Å². The Morgan fingerprint density at radius 3 is 0.780 bits per heavy atom. The van der Waals surface area contributed by atoms with E-state index in [2.05, 4.69) is 252 Å². The van der Waals surface area contributed by atoms with Crippen LogP contribution in [0.2, 0.25) is 33.2 Å². The lowest BCUT2D eigenvalue weighted by atomic mass is 9.55. The molecular weight excluding hydrogens is 1030 g/mol. The standard InChI is InChI=1S/C76H74N4Si2/c1-41(2)81(42(3)4,43(5)6)31-29-51-57-37-61-63(71-55-27-19-17-25-53(55)69(61)73-75(71)79-67-35-49-23-15-13-21-47(49)33-65(67)77-73)39-59(57)52(30-32-82(44(7)8,45(9)10)46(11)12)60-40-64-62(38-58(51)60)70-54-26-18-20-28-56(54)72(64)76-74(70)78-66-34-48-22-14-16-24-50(48)36-68(66)80-76/h13-28,33-46,53-56,69-72H,1-12H3. The molecule has 9 aromatic rings. The number of benzene rings is 7. The van der Waals surface area contributed by atoms with Gasteiger partial charge in [0.1, 0.15) is 16.1 Å². The van der Waals surface area contributed by atoms with Crippen LogP contribution in [0.15, 0.2) is 146 Å². The summed E-state index contributed by atoms with van der Waals surface area (Å²) in [5.74, 6) is 9.70. The molecule has 0 N–H and O–H groups in total. The summed E-state index contributed by atoms with van der Waals surface area (Å²) in [5, 5.41) is 9.69. The second kappa shape index (κ2) is 18.6. The van der Waals surface area contributed by atoms with Crippen molar-refractivity contribution in [3.63, 3.8) is 0 Å². The van der Waals surface area contributed by atoms with Crippen molar-refractivity contribution in [3.05, 3.63) is 202 Å². The molecule has 8 aliphatic rings. The zero-order valence-electron chi connectivity index (χ0n) is 49.7. The number of fused-ring (bicyclic) bond motifs is 6. The molecule has 2 heterocycles. The molecule has 2 aromatic heterocycles. The molecule has 8 unspecified atom stereocenters. The van der Waals surface area contributed by atoms with Gasteiger partial charge in [-0.2, -0.15) is 0 Å². The first-order valence-corrected chi connectivity index (χ1v) is 35.3. The molecule has 0 saturated heterocycles. The van der Waals surface area contributed by atoms with Gasteiger partial charge in [-0.1, -0.05) is 192 Å². The van der Waals surface area contributed by atoms with Gasteiger partial charge in [-0.25, -0.2) is 19.9 Å². The predicted octanol–water partition coefficient (Wildman–Crippen LogP) is 19.2. The maximum absolute atomic E-state index is 5.71. The van der Waals surface area contributed by atoms with E-state index < -0.39 is 16.1 Å². The van der Waals surface area contributed by atoms with Gasteiger partial charge in [0.05, 0.1) is 44.8 Å². The SMILES string of the molecule is CC(C)[Si](C#Cc1c2cc3c(cc2c(C#C[Si](C(C)C)(C(C)C)C(C)C)c2cc4c(cc12)C1c2nc5cc6ccccc6cc5nc2C4C2C=CC=CC12)C1c2nc4cc5ccccc5cc4nc2C3C2C=CC=CC12)(C(C)C)C(C)C. The van der Waals surface area contributed by atoms with Crippen LogP contribution in [0, 0.1) is 46.6 Å². The van der Waals surface area contributed by atoms with Crippen LogP contribution in [0.4, 0.5) is 0 Å². The minimum absolute atomic E-state index is 0.0303. The Hall–Kier alpha value is -7.23. The Kier molecular flexibility index (Phi) is 11.7. The van der Waals surface area contributed by atoms with Gasteiger partial charge in [0.15, 0.2) is 0 Å². The largest absolute Gasteiger partial charge is 0.249 e. The van der Waals surface area contributed by atoms with Gasteiger partial charge < -0.3 is 0 Å². The highest BCUT2D eigenvalue weighted by Gasteiger charge is 2.53. The van der Waals surface area contributed by atoms with E-state index >= 15 is 0 Å². The van der Waals surface area contributed by atoms with Crippen molar-refractivity contribution in [2.45, 2.75) is 140 Å². The van der Waals surface area contributed by atoms with Crippen molar-refractivity contribution in [2.24, 2.45) is 23.7 Å². The predicted molar refractivity (Wildman–Crippen MR) is 349 cm³/mol. The lowest BCUT2D eigenvalue weighted by Crippen LogP contribution is -2.43. The number of hydrogen-bond donors (Lipinski definition) is 0. The molecule has 7 aromatic carbocycles. The Bertz CT molecular complexity index is 3960. The minimum Gasteiger partial charge on any atom is -0.249 e. The van der Waals surface area contributed by atoms with Crippen molar-refractivity contribution >= 4 is 81.3 Å². The van der Waals surface area contributed by atoms with E-state index in [9.17, 15) is 0 Å². The van der Waals surface area contributed by atoms with Crippen molar-refractivity contribution in [1.82, 2.24) is 19.9 Å². The van der Waals surface area contributed by atoms with Gasteiger partial charge in [-0.3, -0.25) is 0 Å². The molecule has 0 aliphatic heterocycles. The summed E-state index contributed by atoms with van der Waals surface area (Å²) in [5.41, 5.74) is 27.8. The third-order valence-corrected chi connectivity index (χ3v) is 34.3. The smallest absolute Gasteiger partial charge is 0.146 e. The van der Waals surface area contributed by atoms with Crippen LogP contribution in [0.3, 0.4) is 0 Å². The fourth-order valence-electron chi connectivity index (χ4n) is 18.2. The summed E-state index contributed by atoms with van der Waals surface area (Å²) in [6, 6.07) is 36.8. The van der Waals surface area contributed by atoms with Crippen molar-refractivity contribution in [2.75, 3.05) is 0 Å². The molecule has 8 atom stereocenters. The molecule has 0 spiro atoms. The van der Waals surface area contributed by atoms with Crippen LogP contribution >= 0.6 is 0 Å². The summed E-state index contributed by atoms with van der Waals surface area (Å²) in [6.07, 6.45) is 19.0. The minimum atomic E-state index is -2.25. The summed E-state index contributed by atoms with van der Waals surface area (Å²) in [6.45, 7) is 29.4. The zero-order valence-corrected chi connectivity index (χ0v) is 51.7. The lowest BCUT2D eigenvalue weighted by molar-refractivity contribution is 0.320. The van der Waals surface area contributed by atoms with Gasteiger partial charge in [0.25, 0.3) is 0 Å². The Balaban J connectivity index is 1.08. The quantitative estimate of drug-likeness (QED) is 0.0946. The molecule has 17 rings (SSSR count). The Morgan fingerprint density at radius 2 is 0.561 bits per heavy atom. The lowest BCUT2D eigenvalue weighted by Gasteiger charge is -2.49. The van der Waals surface area contributed by atoms with Crippen LogP contribution in [0.1, 0.15) is 163 Å². The van der Waals surface area contributed by atoms with E-state index in [4.69, 9.17) is 19.9 Å². The Labute approximate surface area is 486 Å². The molecule has 8 aliphatic carbocycles. The van der Waals surface area contributed by atoms with E-state index in [1.165, 1.54) is 65.3 Å². The van der Waals surface area contributed by atoms with Gasteiger partial charge in [-0.15, -0.1) is 11.1 Å². The van der Waals surface area contributed by atoms with Gasteiger partial charge >= 0.3 is 0 Å². The fourth-order valence-corrected chi connectivity index (χ4v) is 28.6. The average molecular weight is 1100 g/mol. The molecular formula is C76H74N4Si2. The second-order valence-electron chi connectivity index (χ2n) is 27.2. The van der Waals surface area contributed by atoms with Crippen LogP contribution < -0.4 is 0 Å². The molecule has 82 heavy (non-hydrogen) atoms. The highest BCUT2D eigenvalue weighted by Crippen LogP contribution is 2.62. The monoisotopic (exact) mass is 1100 g/mol. The van der Waals surface area contributed by atoms with Crippen LogP contribution in [0.5, 0.6) is 0 Å². The van der Waals surface area contributed by atoms with Gasteiger partial charge in [-0.05, 0) is 171 Å². The number of nitrogens with zero attached hydrogens (tertiary/aromatic N) is 4. The molecule has 4 nitrogen and oxygen atoms in total. The van der Waals surface area contributed by atoms with Crippen molar-refractivity contribution in [1.29, 1.82) is 0 Å². The molecule has 6 heteroatoms. The van der Waals surface area contributed by atoms with Crippen molar-refractivity contribution < 1.29 is 0 Å². The van der Waals surface area contributed by atoms with Crippen LogP contribution in [-0.2, 0) is 0 Å². The van der Waals surface area contributed by atoms with Gasteiger partial charge in [0.2, 0.25) is 0 Å². The van der Waals surface area contributed by atoms with E-state index in [-0.39, 0.29) is 47.3 Å². The van der Waals surface area contributed by atoms with Gasteiger partial charge in [0, 0.05) is 34.8 Å². The van der Waals surface area contributed by atoms with Crippen molar-refractivity contribution in [3.8, 4) is 22.9 Å². The number of allylic oxidation sites excluding steroid dienone is 8. The van der Waals surface area contributed by atoms with Crippen LogP contribution in [-0.4, -0.2) is 36.1 Å². The first-order valence-electron chi connectivity index (χ1n) is 30.9. The van der Waals surface area contributed by atoms with E-state index in [0.717, 1.165) is 56.0 Å². The highest BCUT2D eigenvalue weighted by molar-refractivity contribution is 6.91. The third kappa shape index (κ3) is 7.16. The molecule has 4 bridgehead atoms. The Morgan fingerprint density at radius 1 is 0.329 bits per heavy atom. The molecule has 0 radical (unpaired) electrons.